The minimum absolute atomic E-state index is 0.200. The van der Waals surface area contributed by atoms with E-state index in [2.05, 4.69) is 144 Å². The Hall–Kier alpha value is -3.98. The summed E-state index contributed by atoms with van der Waals surface area (Å²) in [6.45, 7) is 16.2. The molecule has 0 atom stereocenters. The number of rotatable bonds is 5. The van der Waals surface area contributed by atoms with E-state index in [0.29, 0.717) is 11.8 Å². The van der Waals surface area contributed by atoms with Crippen molar-refractivity contribution in [3.05, 3.63) is 113 Å². The molecule has 0 amide bonds. The average molecular weight is 527 g/mol. The quantitative estimate of drug-likeness (QED) is 0.210. The summed E-state index contributed by atoms with van der Waals surface area (Å²) in [6.07, 6.45) is 6.40. The Morgan fingerprint density at radius 1 is 0.800 bits per heavy atom. The van der Waals surface area contributed by atoms with Crippen molar-refractivity contribution in [3.63, 3.8) is 0 Å². The monoisotopic (exact) mass is 526 g/mol. The van der Waals surface area contributed by atoms with Gasteiger partial charge in [-0.2, -0.15) is 4.57 Å². The van der Waals surface area contributed by atoms with Gasteiger partial charge in [0.05, 0.1) is 18.3 Å². The van der Waals surface area contributed by atoms with E-state index >= 15 is 0 Å². The molecule has 40 heavy (non-hydrogen) atoms. The maximum absolute atomic E-state index is 4.88. The molecule has 0 saturated heterocycles. The number of aryl methyl sites for hydroxylation is 2. The third-order valence-electron chi connectivity index (χ3n) is 8.71. The van der Waals surface area contributed by atoms with Gasteiger partial charge < -0.3 is 0 Å². The Morgan fingerprint density at radius 3 is 2.12 bits per heavy atom. The first kappa shape index (κ1) is 26.3. The highest BCUT2D eigenvalue weighted by molar-refractivity contribution is 5.87. The smallest absolute Gasteiger partial charge is 0.260 e. The largest absolute Gasteiger partial charge is 0.294 e. The number of fused-ring (bicyclic) bond motifs is 3. The second-order valence-electron chi connectivity index (χ2n) is 12.5. The second kappa shape index (κ2) is 9.59. The van der Waals surface area contributed by atoms with Crippen molar-refractivity contribution < 1.29 is 4.57 Å². The van der Waals surface area contributed by atoms with Crippen molar-refractivity contribution in [2.75, 3.05) is 0 Å². The van der Waals surface area contributed by atoms with E-state index in [-0.39, 0.29) is 5.41 Å². The molecule has 6 rings (SSSR count). The molecule has 0 saturated carbocycles. The molecule has 3 heteroatoms. The molecule has 0 spiro atoms. The number of pyridine rings is 1. The Balaban J connectivity index is 1.67. The molecular formula is C37H40N3+. The molecule has 0 N–H and O–H groups in total. The Bertz CT molecular complexity index is 1710. The minimum Gasteiger partial charge on any atom is -0.260 e. The average Bonchev–Trinajstić information content (AvgIpc) is 3.43. The molecule has 5 aromatic rings. The number of aromatic nitrogens is 3. The SMILES string of the molecule is Cc1ccc2c(c1-c1n(-c3c(C(C)C)cc(-c4ccccc4)cc3C(C)C)cc[n+]1C)C(C)(C)c1ncccc1-2. The zero-order valence-corrected chi connectivity index (χ0v) is 25.1. The lowest BCUT2D eigenvalue weighted by Crippen LogP contribution is -2.31. The molecule has 0 bridgehead atoms. The third kappa shape index (κ3) is 3.94. The molecule has 1 aliphatic carbocycles. The van der Waals surface area contributed by atoms with E-state index in [4.69, 9.17) is 4.98 Å². The lowest BCUT2D eigenvalue weighted by atomic mass is 9.80. The molecule has 0 radical (unpaired) electrons. The number of hydrogen-bond acceptors (Lipinski definition) is 1. The van der Waals surface area contributed by atoms with Crippen LogP contribution < -0.4 is 4.57 Å². The molecule has 1 aliphatic rings. The summed E-state index contributed by atoms with van der Waals surface area (Å²) >= 11 is 0. The first-order chi connectivity index (χ1) is 19.1. The van der Waals surface area contributed by atoms with Gasteiger partial charge in [0.25, 0.3) is 5.82 Å². The van der Waals surface area contributed by atoms with E-state index in [1.54, 1.807) is 0 Å². The predicted octanol–water partition coefficient (Wildman–Crippen LogP) is 8.89. The second-order valence-corrected chi connectivity index (χ2v) is 12.5. The van der Waals surface area contributed by atoms with Crippen LogP contribution in [-0.2, 0) is 12.5 Å². The standard InChI is InChI=1S/C37H40N3/c1-23(2)30-21-27(26-13-10-9-11-14-26)22-31(24(3)4)34(30)40-20-19-39(8)36(40)32-25(5)16-17-28-29-15-12-18-38-35(29)37(6,7)33(28)32/h9-24H,1-8H3/q+1. The maximum Gasteiger partial charge on any atom is 0.294 e. The fraction of sp³-hybridized carbons (Fsp3) is 0.297. The Kier molecular flexibility index (Phi) is 6.29. The van der Waals surface area contributed by atoms with Gasteiger partial charge in [-0.25, -0.2) is 4.57 Å². The van der Waals surface area contributed by atoms with Crippen LogP contribution in [0.5, 0.6) is 0 Å². The molecule has 0 fully saturated rings. The number of imidazole rings is 1. The Labute approximate surface area is 239 Å². The van der Waals surface area contributed by atoms with Crippen molar-refractivity contribution in [1.29, 1.82) is 0 Å². The van der Waals surface area contributed by atoms with Crippen molar-refractivity contribution >= 4 is 0 Å². The highest BCUT2D eigenvalue weighted by Crippen LogP contribution is 2.52. The fourth-order valence-corrected chi connectivity index (χ4v) is 6.70. The molecule has 0 unspecified atom stereocenters. The van der Waals surface area contributed by atoms with Gasteiger partial charge in [0.2, 0.25) is 0 Å². The Morgan fingerprint density at radius 2 is 1.48 bits per heavy atom. The van der Waals surface area contributed by atoms with E-state index < -0.39 is 0 Å². The van der Waals surface area contributed by atoms with Crippen molar-refractivity contribution in [2.45, 2.75) is 65.7 Å². The number of hydrogen-bond donors (Lipinski definition) is 0. The van der Waals surface area contributed by atoms with Crippen LogP contribution in [0.3, 0.4) is 0 Å². The van der Waals surface area contributed by atoms with Gasteiger partial charge in [0, 0.05) is 28.3 Å². The molecule has 2 aromatic heterocycles. The first-order valence-electron chi connectivity index (χ1n) is 14.5. The first-order valence-corrected chi connectivity index (χ1v) is 14.5. The van der Waals surface area contributed by atoms with E-state index in [0.717, 1.165) is 5.69 Å². The van der Waals surface area contributed by atoms with Crippen LogP contribution in [0, 0.1) is 6.92 Å². The highest BCUT2D eigenvalue weighted by atomic mass is 15.1. The van der Waals surface area contributed by atoms with Gasteiger partial charge in [-0.3, -0.25) is 4.98 Å². The summed E-state index contributed by atoms with van der Waals surface area (Å²) in [5, 5.41) is 0. The summed E-state index contributed by atoms with van der Waals surface area (Å²) in [7, 11) is 2.18. The van der Waals surface area contributed by atoms with Crippen molar-refractivity contribution in [3.8, 4) is 39.3 Å². The molecule has 3 nitrogen and oxygen atoms in total. The summed E-state index contributed by atoms with van der Waals surface area (Å²) < 4.78 is 4.77. The predicted molar refractivity (Wildman–Crippen MR) is 166 cm³/mol. The maximum atomic E-state index is 4.88. The molecule has 3 aromatic carbocycles. The van der Waals surface area contributed by atoms with Gasteiger partial charge in [0.15, 0.2) is 0 Å². The lowest BCUT2D eigenvalue weighted by Gasteiger charge is -2.24. The third-order valence-corrected chi connectivity index (χ3v) is 8.71. The summed E-state index contributed by atoms with van der Waals surface area (Å²) in [4.78, 5) is 4.88. The zero-order valence-electron chi connectivity index (χ0n) is 25.1. The lowest BCUT2D eigenvalue weighted by molar-refractivity contribution is -0.659. The highest BCUT2D eigenvalue weighted by Gasteiger charge is 2.42. The minimum atomic E-state index is -0.200. The van der Waals surface area contributed by atoms with Crippen LogP contribution >= 0.6 is 0 Å². The van der Waals surface area contributed by atoms with Crippen LogP contribution in [0.1, 0.15) is 81.3 Å². The topological polar surface area (TPSA) is 21.7 Å². The summed E-state index contributed by atoms with van der Waals surface area (Å²) in [5.74, 6) is 1.94. The van der Waals surface area contributed by atoms with Crippen LogP contribution in [-0.4, -0.2) is 9.55 Å². The van der Waals surface area contributed by atoms with Crippen LogP contribution in [0.2, 0.25) is 0 Å². The fourth-order valence-electron chi connectivity index (χ4n) is 6.70. The number of benzene rings is 3. The molecule has 2 heterocycles. The van der Waals surface area contributed by atoms with Gasteiger partial charge in [-0.1, -0.05) is 90.1 Å². The van der Waals surface area contributed by atoms with Crippen molar-refractivity contribution in [1.82, 2.24) is 9.55 Å². The zero-order chi connectivity index (χ0) is 28.3. The molecule has 0 aliphatic heterocycles. The van der Waals surface area contributed by atoms with E-state index in [9.17, 15) is 0 Å². The van der Waals surface area contributed by atoms with E-state index in [1.165, 1.54) is 61.6 Å². The van der Waals surface area contributed by atoms with Crippen LogP contribution in [0.4, 0.5) is 0 Å². The van der Waals surface area contributed by atoms with Gasteiger partial charge >= 0.3 is 0 Å². The van der Waals surface area contributed by atoms with Crippen LogP contribution in [0.25, 0.3) is 39.3 Å². The van der Waals surface area contributed by atoms with Gasteiger partial charge in [-0.05, 0) is 64.8 Å². The molecule has 202 valence electrons. The van der Waals surface area contributed by atoms with Crippen LogP contribution in [0.15, 0.2) is 85.3 Å². The summed E-state index contributed by atoms with van der Waals surface area (Å²) in [5.41, 5.74) is 14.1. The normalized spacial score (nSPS) is 13.7. The molecular weight excluding hydrogens is 486 g/mol. The van der Waals surface area contributed by atoms with Crippen molar-refractivity contribution in [2.24, 2.45) is 7.05 Å². The summed E-state index contributed by atoms with van der Waals surface area (Å²) in [6, 6.07) is 24.5. The number of nitrogens with zero attached hydrogens (tertiary/aromatic N) is 3. The van der Waals surface area contributed by atoms with Gasteiger partial charge in [0.1, 0.15) is 18.1 Å². The van der Waals surface area contributed by atoms with E-state index in [1.807, 2.05) is 6.20 Å². The van der Waals surface area contributed by atoms with Gasteiger partial charge in [-0.15, -0.1) is 0 Å².